The summed E-state index contributed by atoms with van der Waals surface area (Å²) in [5.74, 6) is 5.80. The maximum Gasteiger partial charge on any atom is 0.210 e. The monoisotopic (exact) mass is 290 g/mol. The van der Waals surface area contributed by atoms with Crippen molar-refractivity contribution in [3.8, 4) is 0 Å². The van der Waals surface area contributed by atoms with Crippen LogP contribution in [0.15, 0.2) is 27.7 Å². The third-order valence-electron chi connectivity index (χ3n) is 1.63. The van der Waals surface area contributed by atoms with Crippen molar-refractivity contribution in [1.29, 1.82) is 0 Å². The fraction of sp³-hybridized carbons (Fsp3) is 0.222. The summed E-state index contributed by atoms with van der Waals surface area (Å²) in [6.45, 7) is 2.57. The van der Waals surface area contributed by atoms with E-state index in [4.69, 9.17) is 17.4 Å². The molecule has 0 aliphatic rings. The topological polar surface area (TPSA) is 62.4 Å². The number of nitrogens with two attached hydrogens (primary N) is 1. The van der Waals surface area contributed by atoms with Gasteiger partial charge in [-0.25, -0.2) is 5.84 Å². The van der Waals surface area contributed by atoms with Gasteiger partial charge in [0.1, 0.15) is 0 Å². The van der Waals surface area contributed by atoms with Crippen molar-refractivity contribution in [3.05, 3.63) is 27.7 Å². The zero-order chi connectivity index (χ0) is 11.3. The average Bonchev–Trinajstić information content (AvgIpc) is 2.22. The summed E-state index contributed by atoms with van der Waals surface area (Å²) in [4.78, 5) is 4.11. The second kappa shape index (κ2) is 5.95. The molecule has 1 rings (SSSR count). The SMILES string of the molecule is CCN=C(NN)Nc1cc(Cl)ccc1Br. The van der Waals surface area contributed by atoms with Gasteiger partial charge in [0, 0.05) is 16.0 Å². The van der Waals surface area contributed by atoms with E-state index in [2.05, 4.69) is 31.7 Å². The molecule has 0 saturated heterocycles. The van der Waals surface area contributed by atoms with Gasteiger partial charge in [0.15, 0.2) is 0 Å². The second-order valence-electron chi connectivity index (χ2n) is 2.72. The lowest BCUT2D eigenvalue weighted by atomic mass is 10.3. The minimum absolute atomic E-state index is 0.500. The highest BCUT2D eigenvalue weighted by Gasteiger charge is 2.02. The first-order valence-electron chi connectivity index (χ1n) is 4.40. The van der Waals surface area contributed by atoms with Crippen LogP contribution in [-0.4, -0.2) is 12.5 Å². The van der Waals surface area contributed by atoms with Crippen molar-refractivity contribution in [2.24, 2.45) is 10.8 Å². The van der Waals surface area contributed by atoms with Crippen LogP contribution in [0.25, 0.3) is 0 Å². The van der Waals surface area contributed by atoms with Crippen LogP contribution < -0.4 is 16.6 Å². The van der Waals surface area contributed by atoms with E-state index >= 15 is 0 Å². The summed E-state index contributed by atoms with van der Waals surface area (Å²) in [6, 6.07) is 5.43. The second-order valence-corrected chi connectivity index (χ2v) is 4.01. The van der Waals surface area contributed by atoms with Crippen LogP contribution in [0.3, 0.4) is 0 Å². The molecule has 0 fully saturated rings. The van der Waals surface area contributed by atoms with Crippen molar-refractivity contribution >= 4 is 39.2 Å². The molecule has 0 atom stereocenters. The molecular weight excluding hydrogens is 279 g/mol. The van der Waals surface area contributed by atoms with E-state index in [0.717, 1.165) is 10.2 Å². The highest BCUT2D eigenvalue weighted by molar-refractivity contribution is 9.10. The van der Waals surface area contributed by atoms with E-state index in [0.29, 0.717) is 17.5 Å². The molecule has 0 heterocycles. The summed E-state index contributed by atoms with van der Waals surface area (Å²) in [7, 11) is 0. The van der Waals surface area contributed by atoms with E-state index in [-0.39, 0.29) is 0 Å². The minimum atomic E-state index is 0.500. The summed E-state index contributed by atoms with van der Waals surface area (Å²) in [5.41, 5.74) is 3.29. The number of aliphatic imine (C=N–C) groups is 1. The largest absolute Gasteiger partial charge is 0.324 e. The minimum Gasteiger partial charge on any atom is -0.324 e. The Bertz CT molecular complexity index is 367. The molecule has 0 spiro atoms. The molecule has 1 aromatic rings. The maximum absolute atomic E-state index is 5.87. The van der Waals surface area contributed by atoms with Crippen LogP contribution in [0.4, 0.5) is 5.69 Å². The number of hydrogen-bond acceptors (Lipinski definition) is 2. The third kappa shape index (κ3) is 3.70. The number of hydrazine groups is 1. The quantitative estimate of drug-likeness (QED) is 0.339. The van der Waals surface area contributed by atoms with Gasteiger partial charge in [-0.1, -0.05) is 11.6 Å². The Morgan fingerprint density at radius 1 is 1.60 bits per heavy atom. The van der Waals surface area contributed by atoms with Gasteiger partial charge in [0.25, 0.3) is 0 Å². The molecule has 0 saturated carbocycles. The lowest BCUT2D eigenvalue weighted by Gasteiger charge is -2.10. The third-order valence-corrected chi connectivity index (χ3v) is 2.56. The van der Waals surface area contributed by atoms with E-state index in [1.54, 1.807) is 12.1 Å². The van der Waals surface area contributed by atoms with Crippen LogP contribution in [-0.2, 0) is 0 Å². The van der Waals surface area contributed by atoms with Gasteiger partial charge in [0.2, 0.25) is 5.96 Å². The van der Waals surface area contributed by atoms with Crippen LogP contribution in [0, 0.1) is 0 Å². The van der Waals surface area contributed by atoms with Crippen molar-refractivity contribution in [2.45, 2.75) is 6.92 Å². The number of nitrogens with zero attached hydrogens (tertiary/aromatic N) is 1. The molecule has 15 heavy (non-hydrogen) atoms. The molecule has 0 bridgehead atoms. The fourth-order valence-corrected chi connectivity index (χ4v) is 1.52. The number of nitrogens with one attached hydrogen (secondary N) is 2. The van der Waals surface area contributed by atoms with Gasteiger partial charge < -0.3 is 5.32 Å². The first-order valence-corrected chi connectivity index (χ1v) is 5.57. The van der Waals surface area contributed by atoms with Crippen molar-refractivity contribution in [3.63, 3.8) is 0 Å². The molecule has 0 aromatic heterocycles. The molecule has 4 nitrogen and oxygen atoms in total. The predicted octanol–water partition coefficient (Wildman–Crippen LogP) is 2.35. The Kier molecular flexibility index (Phi) is 4.87. The van der Waals surface area contributed by atoms with Crippen molar-refractivity contribution < 1.29 is 0 Å². The summed E-state index contributed by atoms with van der Waals surface area (Å²) >= 11 is 9.26. The van der Waals surface area contributed by atoms with Gasteiger partial charge in [-0.05, 0) is 41.1 Å². The Morgan fingerprint density at radius 2 is 2.33 bits per heavy atom. The lowest BCUT2D eigenvalue weighted by Crippen LogP contribution is -2.36. The number of guanidine groups is 1. The molecule has 0 aliphatic heterocycles. The van der Waals surface area contributed by atoms with Gasteiger partial charge in [-0.3, -0.25) is 10.4 Å². The number of anilines is 1. The number of halogens is 2. The molecule has 4 N–H and O–H groups in total. The Balaban J connectivity index is 2.87. The van der Waals surface area contributed by atoms with Crippen LogP contribution >= 0.6 is 27.5 Å². The number of hydrogen-bond donors (Lipinski definition) is 3. The highest BCUT2D eigenvalue weighted by atomic mass is 79.9. The van der Waals surface area contributed by atoms with Gasteiger partial charge in [-0.15, -0.1) is 0 Å². The molecule has 0 radical (unpaired) electrons. The van der Waals surface area contributed by atoms with Crippen molar-refractivity contribution in [1.82, 2.24) is 5.43 Å². The van der Waals surface area contributed by atoms with Gasteiger partial charge in [-0.2, -0.15) is 0 Å². The first kappa shape index (κ1) is 12.3. The van der Waals surface area contributed by atoms with Gasteiger partial charge >= 0.3 is 0 Å². The molecule has 1 aromatic carbocycles. The van der Waals surface area contributed by atoms with E-state index in [1.807, 2.05) is 13.0 Å². The van der Waals surface area contributed by atoms with Gasteiger partial charge in [0.05, 0.1) is 5.69 Å². The first-order chi connectivity index (χ1) is 7.17. The molecular formula is C9H12BrClN4. The lowest BCUT2D eigenvalue weighted by molar-refractivity contribution is 0.986. The highest BCUT2D eigenvalue weighted by Crippen LogP contribution is 2.25. The molecule has 0 aliphatic carbocycles. The van der Waals surface area contributed by atoms with Crippen LogP contribution in [0.1, 0.15) is 6.92 Å². The van der Waals surface area contributed by atoms with E-state index in [9.17, 15) is 0 Å². The Morgan fingerprint density at radius 3 is 2.93 bits per heavy atom. The van der Waals surface area contributed by atoms with Crippen LogP contribution in [0.5, 0.6) is 0 Å². The molecule has 0 amide bonds. The maximum atomic E-state index is 5.87. The zero-order valence-electron chi connectivity index (χ0n) is 8.22. The Labute approximate surface area is 102 Å². The summed E-state index contributed by atoms with van der Waals surface area (Å²) < 4.78 is 0.894. The molecule has 6 heteroatoms. The average molecular weight is 292 g/mol. The zero-order valence-corrected chi connectivity index (χ0v) is 10.6. The Hall–Kier alpha value is -0.780. The molecule has 82 valence electrons. The van der Waals surface area contributed by atoms with E-state index in [1.165, 1.54) is 0 Å². The molecule has 0 unspecified atom stereocenters. The standard InChI is InChI=1S/C9H12BrClN4/c1-2-13-9(15-12)14-8-5-6(11)3-4-7(8)10/h3-5H,2,12H2,1H3,(H2,13,14,15). The normalized spacial score (nSPS) is 11.3. The number of rotatable bonds is 2. The smallest absolute Gasteiger partial charge is 0.210 e. The van der Waals surface area contributed by atoms with E-state index < -0.39 is 0 Å². The fourth-order valence-electron chi connectivity index (χ4n) is 1.00. The number of benzene rings is 1. The summed E-state index contributed by atoms with van der Waals surface area (Å²) in [6.07, 6.45) is 0. The predicted molar refractivity (Wildman–Crippen MR) is 68.1 cm³/mol. The van der Waals surface area contributed by atoms with Crippen LogP contribution in [0.2, 0.25) is 5.02 Å². The van der Waals surface area contributed by atoms with Crippen molar-refractivity contribution in [2.75, 3.05) is 11.9 Å². The summed E-state index contributed by atoms with van der Waals surface area (Å²) in [5, 5.41) is 3.67.